The molecular formula is C13H14N2O2S2. The predicted molar refractivity (Wildman–Crippen MR) is 80.6 cm³/mol. The Bertz CT molecular complexity index is 503. The Kier molecular flexibility index (Phi) is 5.07. The summed E-state index contributed by atoms with van der Waals surface area (Å²) >= 11 is 6.55. The zero-order valence-corrected chi connectivity index (χ0v) is 12.2. The number of ether oxygens (including phenoxy) is 1. The van der Waals surface area contributed by atoms with Crippen LogP contribution in [0.5, 0.6) is 0 Å². The molecule has 0 unspecified atom stereocenters. The Morgan fingerprint density at radius 2 is 2.37 bits per heavy atom. The normalized spacial score (nSPS) is 17.5. The zero-order valence-electron chi connectivity index (χ0n) is 10.5. The molecule has 19 heavy (non-hydrogen) atoms. The van der Waals surface area contributed by atoms with Crippen LogP contribution in [0.15, 0.2) is 29.3 Å². The van der Waals surface area contributed by atoms with Gasteiger partial charge in [-0.25, -0.2) is 0 Å². The van der Waals surface area contributed by atoms with Gasteiger partial charge in [0.15, 0.2) is 0 Å². The van der Waals surface area contributed by atoms with Gasteiger partial charge in [0.25, 0.3) is 5.91 Å². The number of nitrogens with zero attached hydrogens (tertiary/aromatic N) is 2. The standard InChI is InChI=1S/C13H14N2O2S2/c1-17-8-4-7-15-12(16)11(19-13(15)18)9-10-5-2-3-6-14-10/h2-3,5-6,9H,4,7-8H2,1H3/b11-9-. The molecule has 1 aromatic heterocycles. The summed E-state index contributed by atoms with van der Waals surface area (Å²) in [4.78, 5) is 18.6. The van der Waals surface area contributed by atoms with Gasteiger partial charge in [0.1, 0.15) is 4.32 Å². The fourth-order valence-corrected chi connectivity index (χ4v) is 2.95. The number of rotatable bonds is 5. The van der Waals surface area contributed by atoms with Gasteiger partial charge in [-0.15, -0.1) is 0 Å². The van der Waals surface area contributed by atoms with Gasteiger partial charge in [-0.3, -0.25) is 14.7 Å². The summed E-state index contributed by atoms with van der Waals surface area (Å²) in [7, 11) is 1.64. The molecule has 1 saturated heterocycles. The lowest BCUT2D eigenvalue weighted by atomic mass is 10.3. The molecule has 0 atom stereocenters. The van der Waals surface area contributed by atoms with Crippen LogP contribution in [0.1, 0.15) is 12.1 Å². The van der Waals surface area contributed by atoms with E-state index in [1.54, 1.807) is 24.3 Å². The average molecular weight is 294 g/mol. The molecule has 0 saturated carbocycles. The minimum Gasteiger partial charge on any atom is -0.385 e. The van der Waals surface area contributed by atoms with E-state index in [0.29, 0.717) is 22.4 Å². The molecule has 0 spiro atoms. The number of hydrogen-bond acceptors (Lipinski definition) is 5. The van der Waals surface area contributed by atoms with Gasteiger partial charge in [-0.1, -0.05) is 30.0 Å². The van der Waals surface area contributed by atoms with Crippen LogP contribution < -0.4 is 0 Å². The van der Waals surface area contributed by atoms with Crippen LogP contribution in [0.3, 0.4) is 0 Å². The molecule has 0 aliphatic carbocycles. The van der Waals surface area contributed by atoms with Crippen LogP contribution in [-0.2, 0) is 9.53 Å². The van der Waals surface area contributed by atoms with Crippen LogP contribution in [0.25, 0.3) is 6.08 Å². The number of hydrogen-bond donors (Lipinski definition) is 0. The molecule has 0 radical (unpaired) electrons. The minimum atomic E-state index is -0.0447. The largest absolute Gasteiger partial charge is 0.385 e. The van der Waals surface area contributed by atoms with Crippen molar-refractivity contribution >= 4 is 40.3 Å². The maximum Gasteiger partial charge on any atom is 0.266 e. The highest BCUT2D eigenvalue weighted by Gasteiger charge is 2.31. The van der Waals surface area contributed by atoms with Gasteiger partial charge in [0.05, 0.1) is 10.6 Å². The molecule has 1 fully saturated rings. The first-order valence-corrected chi connectivity index (χ1v) is 7.10. The number of carbonyl (C=O) groups excluding carboxylic acids is 1. The van der Waals surface area contributed by atoms with E-state index >= 15 is 0 Å². The third-order valence-corrected chi connectivity index (χ3v) is 3.95. The van der Waals surface area contributed by atoms with Crippen molar-refractivity contribution in [3.05, 3.63) is 35.0 Å². The van der Waals surface area contributed by atoms with Crippen LogP contribution in [0.4, 0.5) is 0 Å². The predicted octanol–water partition coefficient (Wildman–Crippen LogP) is 2.32. The zero-order chi connectivity index (χ0) is 13.7. The van der Waals surface area contributed by atoms with Crippen molar-refractivity contribution in [2.45, 2.75) is 6.42 Å². The summed E-state index contributed by atoms with van der Waals surface area (Å²) in [5, 5.41) is 0. The molecule has 4 nitrogen and oxygen atoms in total. The highest BCUT2D eigenvalue weighted by molar-refractivity contribution is 8.26. The molecule has 2 rings (SSSR count). The summed E-state index contributed by atoms with van der Waals surface area (Å²) in [6, 6.07) is 5.59. The molecular weight excluding hydrogens is 280 g/mol. The third-order valence-electron chi connectivity index (χ3n) is 2.57. The first-order valence-electron chi connectivity index (χ1n) is 5.87. The molecule has 1 aromatic rings. The number of amides is 1. The molecule has 2 heterocycles. The lowest BCUT2D eigenvalue weighted by Gasteiger charge is -2.13. The quantitative estimate of drug-likeness (QED) is 0.474. The summed E-state index contributed by atoms with van der Waals surface area (Å²) in [5.74, 6) is -0.0447. The Morgan fingerprint density at radius 3 is 3.05 bits per heavy atom. The molecule has 1 aliphatic rings. The number of aromatic nitrogens is 1. The maximum atomic E-state index is 12.2. The topological polar surface area (TPSA) is 42.4 Å². The summed E-state index contributed by atoms with van der Waals surface area (Å²) in [6.07, 6.45) is 4.25. The van der Waals surface area contributed by atoms with Gasteiger partial charge >= 0.3 is 0 Å². The second kappa shape index (κ2) is 6.79. The SMILES string of the molecule is COCCCN1C(=O)/C(=C/c2ccccn2)SC1=S. The Labute approximate surface area is 121 Å². The van der Waals surface area contributed by atoms with Gasteiger partial charge in [-0.05, 0) is 24.6 Å². The lowest BCUT2D eigenvalue weighted by Crippen LogP contribution is -2.29. The minimum absolute atomic E-state index is 0.0447. The first-order chi connectivity index (χ1) is 9.22. The van der Waals surface area contributed by atoms with E-state index in [1.807, 2.05) is 18.2 Å². The van der Waals surface area contributed by atoms with E-state index in [9.17, 15) is 4.79 Å². The van der Waals surface area contributed by atoms with Crippen molar-refractivity contribution in [2.75, 3.05) is 20.3 Å². The molecule has 0 bridgehead atoms. The van der Waals surface area contributed by atoms with Crippen molar-refractivity contribution < 1.29 is 9.53 Å². The average Bonchev–Trinajstić information content (AvgIpc) is 2.68. The van der Waals surface area contributed by atoms with Gasteiger partial charge in [0, 0.05) is 26.5 Å². The Hall–Kier alpha value is -1.24. The number of thioether (sulfide) groups is 1. The fraction of sp³-hybridized carbons (Fsp3) is 0.308. The number of methoxy groups -OCH3 is 1. The van der Waals surface area contributed by atoms with Crippen LogP contribution in [0.2, 0.25) is 0 Å². The first kappa shape index (κ1) is 14.2. The van der Waals surface area contributed by atoms with Crippen molar-refractivity contribution in [1.29, 1.82) is 0 Å². The molecule has 100 valence electrons. The van der Waals surface area contributed by atoms with Crippen LogP contribution >= 0.6 is 24.0 Å². The van der Waals surface area contributed by atoms with Crippen molar-refractivity contribution in [1.82, 2.24) is 9.88 Å². The van der Waals surface area contributed by atoms with Gasteiger partial charge in [0.2, 0.25) is 0 Å². The molecule has 6 heteroatoms. The lowest BCUT2D eigenvalue weighted by molar-refractivity contribution is -0.122. The second-order valence-electron chi connectivity index (χ2n) is 3.93. The van der Waals surface area contributed by atoms with Crippen LogP contribution in [-0.4, -0.2) is 40.4 Å². The highest BCUT2D eigenvalue weighted by Crippen LogP contribution is 2.32. The van der Waals surface area contributed by atoms with E-state index in [2.05, 4.69) is 4.98 Å². The van der Waals surface area contributed by atoms with Crippen LogP contribution in [0, 0.1) is 0 Å². The van der Waals surface area contributed by atoms with Gasteiger partial charge < -0.3 is 4.74 Å². The molecule has 1 aliphatic heterocycles. The Balaban J connectivity index is 2.07. The van der Waals surface area contributed by atoms with Crippen molar-refractivity contribution in [2.24, 2.45) is 0 Å². The summed E-state index contributed by atoms with van der Waals surface area (Å²) < 4.78 is 5.58. The smallest absolute Gasteiger partial charge is 0.266 e. The molecule has 1 amide bonds. The molecule has 0 aromatic carbocycles. The maximum absolute atomic E-state index is 12.2. The number of carbonyl (C=O) groups is 1. The second-order valence-corrected chi connectivity index (χ2v) is 5.61. The van der Waals surface area contributed by atoms with Crippen molar-refractivity contribution in [3.8, 4) is 0 Å². The molecule has 0 N–H and O–H groups in total. The summed E-state index contributed by atoms with van der Waals surface area (Å²) in [6.45, 7) is 1.22. The van der Waals surface area contributed by atoms with E-state index in [4.69, 9.17) is 17.0 Å². The number of thiocarbonyl (C=S) groups is 1. The fourth-order valence-electron chi connectivity index (χ4n) is 1.66. The van der Waals surface area contributed by atoms with E-state index in [-0.39, 0.29) is 5.91 Å². The highest BCUT2D eigenvalue weighted by atomic mass is 32.2. The van der Waals surface area contributed by atoms with Crippen molar-refractivity contribution in [3.63, 3.8) is 0 Å². The van der Waals surface area contributed by atoms with E-state index in [1.165, 1.54) is 11.8 Å². The Morgan fingerprint density at radius 1 is 1.53 bits per heavy atom. The monoisotopic (exact) mass is 294 g/mol. The van der Waals surface area contributed by atoms with Gasteiger partial charge in [-0.2, -0.15) is 0 Å². The third kappa shape index (κ3) is 3.62. The van der Waals surface area contributed by atoms with E-state index in [0.717, 1.165) is 12.1 Å². The summed E-state index contributed by atoms with van der Waals surface area (Å²) in [5.41, 5.74) is 0.764. The number of pyridine rings is 1. The van der Waals surface area contributed by atoms with E-state index < -0.39 is 0 Å².